The molecule has 0 fully saturated rings. The Hall–Kier alpha value is -1.74. The molecule has 82 valence electrons. The van der Waals surface area contributed by atoms with Crippen LogP contribution in [-0.2, 0) is 6.42 Å². The van der Waals surface area contributed by atoms with Gasteiger partial charge in [-0.25, -0.2) is 0 Å². The first-order chi connectivity index (χ1) is 7.75. The lowest BCUT2D eigenvalue weighted by Crippen LogP contribution is -2.13. The van der Waals surface area contributed by atoms with E-state index < -0.39 is 0 Å². The summed E-state index contributed by atoms with van der Waals surface area (Å²) in [6, 6.07) is 7.99. The highest BCUT2D eigenvalue weighted by Gasteiger charge is 2.06. The predicted octanol–water partition coefficient (Wildman–Crippen LogP) is 2.03. The van der Waals surface area contributed by atoms with E-state index in [9.17, 15) is 0 Å². The van der Waals surface area contributed by atoms with Gasteiger partial charge in [0.2, 0.25) is 0 Å². The molecule has 0 aliphatic carbocycles. The molecule has 2 N–H and O–H groups in total. The van der Waals surface area contributed by atoms with Crippen molar-refractivity contribution in [2.75, 3.05) is 0 Å². The Bertz CT molecular complexity index is 436. The molecule has 0 bridgehead atoms. The SMILES string of the molecule is Cc1ccc(C(N)Cc2ccncc2)cn1. The third-order valence-corrected chi connectivity index (χ3v) is 2.57. The van der Waals surface area contributed by atoms with Crippen LogP contribution in [0.4, 0.5) is 0 Å². The molecule has 0 saturated heterocycles. The molecule has 2 heterocycles. The molecule has 0 aliphatic heterocycles. The van der Waals surface area contributed by atoms with Crippen LogP contribution in [-0.4, -0.2) is 9.97 Å². The molecule has 0 amide bonds. The number of nitrogens with two attached hydrogens (primary N) is 1. The molecule has 2 aromatic rings. The number of pyridine rings is 2. The molecule has 16 heavy (non-hydrogen) atoms. The average Bonchev–Trinajstić information content (AvgIpc) is 2.31. The van der Waals surface area contributed by atoms with Crippen LogP contribution in [0.3, 0.4) is 0 Å². The van der Waals surface area contributed by atoms with Gasteiger partial charge in [0, 0.05) is 30.3 Å². The van der Waals surface area contributed by atoms with Gasteiger partial charge in [-0.2, -0.15) is 0 Å². The number of rotatable bonds is 3. The summed E-state index contributed by atoms with van der Waals surface area (Å²) >= 11 is 0. The quantitative estimate of drug-likeness (QED) is 0.848. The van der Waals surface area contributed by atoms with Crippen molar-refractivity contribution >= 4 is 0 Å². The van der Waals surface area contributed by atoms with Gasteiger partial charge in [0.15, 0.2) is 0 Å². The van der Waals surface area contributed by atoms with Crippen molar-refractivity contribution in [1.82, 2.24) is 9.97 Å². The number of hydrogen-bond acceptors (Lipinski definition) is 3. The highest BCUT2D eigenvalue weighted by molar-refractivity contribution is 5.20. The minimum absolute atomic E-state index is 0.00417. The fourth-order valence-electron chi connectivity index (χ4n) is 1.59. The van der Waals surface area contributed by atoms with E-state index in [0.717, 1.165) is 17.7 Å². The Morgan fingerprint density at radius 2 is 1.94 bits per heavy atom. The fraction of sp³-hybridized carbons (Fsp3) is 0.231. The maximum atomic E-state index is 6.12. The zero-order valence-corrected chi connectivity index (χ0v) is 9.30. The van der Waals surface area contributed by atoms with Crippen LogP contribution in [0.5, 0.6) is 0 Å². The topological polar surface area (TPSA) is 51.8 Å². The van der Waals surface area contributed by atoms with Crippen LogP contribution in [0.1, 0.15) is 22.9 Å². The van der Waals surface area contributed by atoms with E-state index >= 15 is 0 Å². The Kier molecular flexibility index (Phi) is 3.27. The van der Waals surface area contributed by atoms with E-state index in [-0.39, 0.29) is 6.04 Å². The van der Waals surface area contributed by atoms with Gasteiger partial charge < -0.3 is 5.73 Å². The monoisotopic (exact) mass is 213 g/mol. The van der Waals surface area contributed by atoms with Crippen LogP contribution in [0.15, 0.2) is 42.9 Å². The molecule has 1 atom stereocenters. The van der Waals surface area contributed by atoms with Gasteiger partial charge in [-0.15, -0.1) is 0 Å². The fourth-order valence-corrected chi connectivity index (χ4v) is 1.59. The number of aryl methyl sites for hydroxylation is 1. The van der Waals surface area contributed by atoms with E-state index in [0.29, 0.717) is 0 Å². The molecular formula is C13H15N3. The second kappa shape index (κ2) is 4.86. The van der Waals surface area contributed by atoms with Crippen molar-refractivity contribution in [3.05, 3.63) is 59.7 Å². The molecule has 0 saturated carbocycles. The summed E-state index contributed by atoms with van der Waals surface area (Å²) in [6.45, 7) is 1.97. The van der Waals surface area contributed by atoms with Crippen molar-refractivity contribution in [3.8, 4) is 0 Å². The van der Waals surface area contributed by atoms with Gasteiger partial charge in [-0.3, -0.25) is 9.97 Å². The zero-order chi connectivity index (χ0) is 11.4. The van der Waals surface area contributed by atoms with Crippen molar-refractivity contribution < 1.29 is 0 Å². The highest BCUT2D eigenvalue weighted by Crippen LogP contribution is 2.14. The molecule has 0 aromatic carbocycles. The first-order valence-corrected chi connectivity index (χ1v) is 5.33. The maximum Gasteiger partial charge on any atom is 0.0372 e. The molecule has 2 aromatic heterocycles. The lowest BCUT2D eigenvalue weighted by atomic mass is 10.0. The number of aromatic nitrogens is 2. The van der Waals surface area contributed by atoms with Crippen molar-refractivity contribution in [1.29, 1.82) is 0 Å². The molecule has 1 unspecified atom stereocenters. The summed E-state index contributed by atoms with van der Waals surface area (Å²) < 4.78 is 0. The van der Waals surface area contributed by atoms with Crippen LogP contribution in [0, 0.1) is 6.92 Å². The standard InChI is InChI=1S/C13H15N3/c1-10-2-3-12(9-16-10)13(14)8-11-4-6-15-7-5-11/h2-7,9,13H,8,14H2,1H3. The van der Waals surface area contributed by atoms with E-state index in [2.05, 4.69) is 9.97 Å². The third kappa shape index (κ3) is 2.64. The summed E-state index contributed by atoms with van der Waals surface area (Å²) in [5.74, 6) is 0. The van der Waals surface area contributed by atoms with Gasteiger partial charge in [0.25, 0.3) is 0 Å². The molecule has 3 nitrogen and oxygen atoms in total. The maximum absolute atomic E-state index is 6.12. The number of hydrogen-bond donors (Lipinski definition) is 1. The summed E-state index contributed by atoms with van der Waals surface area (Å²) in [6.07, 6.45) is 6.24. The molecule has 2 rings (SSSR count). The predicted molar refractivity (Wildman–Crippen MR) is 63.8 cm³/mol. The first-order valence-electron chi connectivity index (χ1n) is 5.33. The van der Waals surface area contributed by atoms with Crippen LogP contribution in [0.25, 0.3) is 0 Å². The highest BCUT2D eigenvalue weighted by atomic mass is 14.7. The summed E-state index contributed by atoms with van der Waals surface area (Å²) in [7, 11) is 0. The Labute approximate surface area is 95.4 Å². The van der Waals surface area contributed by atoms with E-state index in [1.807, 2.05) is 37.4 Å². The second-order valence-corrected chi connectivity index (χ2v) is 3.90. The summed E-state index contributed by atoms with van der Waals surface area (Å²) in [5, 5.41) is 0. The Morgan fingerprint density at radius 3 is 2.56 bits per heavy atom. The lowest BCUT2D eigenvalue weighted by molar-refractivity contribution is 0.716. The minimum atomic E-state index is -0.00417. The van der Waals surface area contributed by atoms with Crippen molar-refractivity contribution in [3.63, 3.8) is 0 Å². The van der Waals surface area contributed by atoms with Crippen LogP contribution in [0.2, 0.25) is 0 Å². The van der Waals surface area contributed by atoms with E-state index in [1.165, 1.54) is 5.56 Å². The smallest absolute Gasteiger partial charge is 0.0372 e. The second-order valence-electron chi connectivity index (χ2n) is 3.90. The first kappa shape index (κ1) is 10.8. The number of nitrogens with zero attached hydrogens (tertiary/aromatic N) is 2. The molecule has 0 radical (unpaired) electrons. The van der Waals surface area contributed by atoms with Gasteiger partial charge >= 0.3 is 0 Å². The Balaban J connectivity index is 2.09. The molecule has 0 spiro atoms. The lowest BCUT2D eigenvalue weighted by Gasteiger charge is -2.11. The van der Waals surface area contributed by atoms with E-state index in [4.69, 9.17) is 5.73 Å². The van der Waals surface area contributed by atoms with Gasteiger partial charge in [0.1, 0.15) is 0 Å². The zero-order valence-electron chi connectivity index (χ0n) is 9.30. The van der Waals surface area contributed by atoms with Crippen LogP contribution < -0.4 is 5.73 Å². The van der Waals surface area contributed by atoms with Gasteiger partial charge in [-0.1, -0.05) is 6.07 Å². The molecule has 3 heteroatoms. The summed E-state index contributed by atoms with van der Waals surface area (Å²) in [5.41, 5.74) is 9.40. The largest absolute Gasteiger partial charge is 0.324 e. The summed E-state index contributed by atoms with van der Waals surface area (Å²) in [4.78, 5) is 8.23. The van der Waals surface area contributed by atoms with Crippen LogP contribution >= 0.6 is 0 Å². The third-order valence-electron chi connectivity index (χ3n) is 2.57. The normalized spacial score (nSPS) is 12.4. The molecular weight excluding hydrogens is 198 g/mol. The van der Waals surface area contributed by atoms with Crippen molar-refractivity contribution in [2.45, 2.75) is 19.4 Å². The van der Waals surface area contributed by atoms with Gasteiger partial charge in [0.05, 0.1) is 0 Å². The van der Waals surface area contributed by atoms with Crippen molar-refractivity contribution in [2.24, 2.45) is 5.73 Å². The van der Waals surface area contributed by atoms with Gasteiger partial charge in [-0.05, 0) is 42.7 Å². The minimum Gasteiger partial charge on any atom is -0.324 e. The van der Waals surface area contributed by atoms with E-state index in [1.54, 1.807) is 12.4 Å². The Morgan fingerprint density at radius 1 is 1.19 bits per heavy atom. The molecule has 0 aliphatic rings. The average molecular weight is 213 g/mol.